The summed E-state index contributed by atoms with van der Waals surface area (Å²) in [4.78, 5) is 23.3. The van der Waals surface area contributed by atoms with E-state index in [-0.39, 0.29) is 27.2 Å². The highest BCUT2D eigenvalue weighted by Crippen LogP contribution is 2.32. The number of sulfonamides is 1. The molecule has 0 aliphatic carbocycles. The molecule has 136 valence electrons. The number of rotatable bonds is 5. The molecule has 3 rings (SSSR count). The molecule has 0 spiro atoms. The van der Waals surface area contributed by atoms with E-state index in [4.69, 9.17) is 11.6 Å². The first-order valence-corrected chi connectivity index (χ1v) is 9.51. The van der Waals surface area contributed by atoms with Gasteiger partial charge in [-0.25, -0.2) is 8.42 Å². The van der Waals surface area contributed by atoms with Crippen LogP contribution in [0.2, 0.25) is 5.02 Å². The van der Waals surface area contributed by atoms with Gasteiger partial charge in [-0.1, -0.05) is 11.6 Å². The molecular weight excluding hydrogens is 382 g/mol. The van der Waals surface area contributed by atoms with Crippen molar-refractivity contribution in [3.8, 4) is 0 Å². The number of nitrogens with one attached hydrogen (secondary N) is 1. The van der Waals surface area contributed by atoms with Gasteiger partial charge in [0.25, 0.3) is 15.7 Å². The number of benzene rings is 2. The summed E-state index contributed by atoms with van der Waals surface area (Å²) < 4.78 is 27.2. The quantitative estimate of drug-likeness (QED) is 0.617. The zero-order valence-corrected chi connectivity index (χ0v) is 15.0. The molecule has 1 fully saturated rings. The third kappa shape index (κ3) is 3.63. The molecular formula is C16H14ClN3O5S. The van der Waals surface area contributed by atoms with Crippen molar-refractivity contribution in [3.05, 3.63) is 57.6 Å². The maximum atomic E-state index is 12.4. The molecule has 2 aromatic carbocycles. The summed E-state index contributed by atoms with van der Waals surface area (Å²) >= 11 is 6.20. The Kier molecular flexibility index (Phi) is 4.84. The van der Waals surface area contributed by atoms with E-state index in [9.17, 15) is 23.3 Å². The van der Waals surface area contributed by atoms with E-state index in [0.29, 0.717) is 18.7 Å². The normalized spacial score (nSPS) is 14.5. The first-order chi connectivity index (χ1) is 12.3. The van der Waals surface area contributed by atoms with E-state index < -0.39 is 14.9 Å². The largest absolute Gasteiger partial charge is 0.311 e. The summed E-state index contributed by atoms with van der Waals surface area (Å²) in [5, 5.41) is 10.9. The zero-order valence-electron chi connectivity index (χ0n) is 13.4. The lowest BCUT2D eigenvalue weighted by Crippen LogP contribution is -2.24. The predicted molar refractivity (Wildman–Crippen MR) is 96.9 cm³/mol. The molecule has 0 saturated carbocycles. The van der Waals surface area contributed by atoms with Gasteiger partial charge in [-0.3, -0.25) is 19.6 Å². The molecule has 1 heterocycles. The van der Waals surface area contributed by atoms with Gasteiger partial charge in [-0.2, -0.15) is 0 Å². The number of amides is 1. The average molecular weight is 396 g/mol. The molecule has 1 saturated heterocycles. The van der Waals surface area contributed by atoms with Crippen molar-refractivity contribution in [3.63, 3.8) is 0 Å². The van der Waals surface area contributed by atoms with Crippen LogP contribution in [0, 0.1) is 10.1 Å². The third-order valence-electron chi connectivity index (χ3n) is 3.92. The average Bonchev–Trinajstić information content (AvgIpc) is 3.00. The van der Waals surface area contributed by atoms with Gasteiger partial charge in [0.15, 0.2) is 0 Å². The second kappa shape index (κ2) is 6.93. The Morgan fingerprint density at radius 1 is 1.15 bits per heavy atom. The lowest BCUT2D eigenvalue weighted by Gasteiger charge is -2.18. The number of halogens is 1. The smallest absolute Gasteiger partial charge is 0.269 e. The maximum Gasteiger partial charge on any atom is 0.269 e. The highest BCUT2D eigenvalue weighted by atomic mass is 35.5. The van der Waals surface area contributed by atoms with Crippen molar-refractivity contribution in [1.82, 2.24) is 0 Å². The monoisotopic (exact) mass is 395 g/mol. The topological polar surface area (TPSA) is 110 Å². The number of nitrogens with zero attached hydrogens (tertiary/aromatic N) is 2. The summed E-state index contributed by atoms with van der Waals surface area (Å²) in [5.74, 6) is -0.0221. The van der Waals surface area contributed by atoms with Gasteiger partial charge >= 0.3 is 0 Å². The van der Waals surface area contributed by atoms with Crippen LogP contribution in [0.1, 0.15) is 12.8 Å². The van der Waals surface area contributed by atoms with Crippen LogP contribution in [0.5, 0.6) is 0 Å². The minimum absolute atomic E-state index is 0.0221. The number of hydrogen-bond acceptors (Lipinski definition) is 5. The Labute approximate surface area is 154 Å². The summed E-state index contributed by atoms with van der Waals surface area (Å²) in [5.41, 5.74) is 0.558. The van der Waals surface area contributed by atoms with Gasteiger partial charge in [0, 0.05) is 25.1 Å². The lowest BCUT2D eigenvalue weighted by molar-refractivity contribution is -0.384. The molecule has 26 heavy (non-hydrogen) atoms. The summed E-state index contributed by atoms with van der Waals surface area (Å²) in [6, 6.07) is 9.05. The highest BCUT2D eigenvalue weighted by Gasteiger charge is 2.24. The summed E-state index contributed by atoms with van der Waals surface area (Å²) in [6.07, 6.45) is 1.22. The molecule has 8 nitrogen and oxygen atoms in total. The van der Waals surface area contributed by atoms with Gasteiger partial charge in [-0.05, 0) is 36.8 Å². The van der Waals surface area contributed by atoms with Crippen LogP contribution in [0.3, 0.4) is 0 Å². The number of nitro benzene ring substituents is 1. The molecule has 0 radical (unpaired) electrons. The Balaban J connectivity index is 1.82. The van der Waals surface area contributed by atoms with Crippen LogP contribution in [0.25, 0.3) is 0 Å². The fourth-order valence-electron chi connectivity index (χ4n) is 2.65. The van der Waals surface area contributed by atoms with Crippen LogP contribution >= 0.6 is 11.6 Å². The second-order valence-corrected chi connectivity index (χ2v) is 7.76. The Hall–Kier alpha value is -2.65. The molecule has 1 aliphatic rings. The molecule has 1 N–H and O–H groups in total. The van der Waals surface area contributed by atoms with E-state index in [2.05, 4.69) is 4.72 Å². The summed E-state index contributed by atoms with van der Waals surface area (Å²) in [7, 11) is -3.93. The first-order valence-electron chi connectivity index (χ1n) is 7.65. The van der Waals surface area contributed by atoms with Crippen molar-refractivity contribution in [2.75, 3.05) is 16.2 Å². The highest BCUT2D eigenvalue weighted by molar-refractivity contribution is 7.92. The maximum absolute atomic E-state index is 12.4. The van der Waals surface area contributed by atoms with Crippen molar-refractivity contribution < 1.29 is 18.1 Å². The standard InChI is InChI=1S/C16H14ClN3O5S/c17-14-10-11(3-8-15(14)19-9-1-2-16(19)21)18-26(24,25)13-6-4-12(5-7-13)20(22)23/h3-8,10,18H,1-2,9H2. The zero-order chi connectivity index (χ0) is 18.9. The number of anilines is 2. The molecule has 2 aromatic rings. The van der Waals surface area contributed by atoms with Gasteiger partial charge in [0.1, 0.15) is 0 Å². The number of non-ortho nitro benzene ring substituents is 1. The van der Waals surface area contributed by atoms with E-state index in [1.165, 1.54) is 12.1 Å². The Bertz CT molecular complexity index is 976. The van der Waals surface area contributed by atoms with Crippen molar-refractivity contribution in [1.29, 1.82) is 0 Å². The predicted octanol–water partition coefficient (Wildman–Crippen LogP) is 3.18. The van der Waals surface area contributed by atoms with E-state index >= 15 is 0 Å². The summed E-state index contributed by atoms with van der Waals surface area (Å²) in [6.45, 7) is 0.576. The Morgan fingerprint density at radius 2 is 1.85 bits per heavy atom. The fraction of sp³-hybridized carbons (Fsp3) is 0.188. The molecule has 0 atom stereocenters. The second-order valence-electron chi connectivity index (χ2n) is 5.67. The fourth-order valence-corrected chi connectivity index (χ4v) is 3.99. The molecule has 0 aromatic heterocycles. The van der Waals surface area contributed by atoms with Crippen LogP contribution in [0.4, 0.5) is 17.1 Å². The molecule has 0 unspecified atom stereocenters. The van der Waals surface area contributed by atoms with Crippen molar-refractivity contribution >= 4 is 44.6 Å². The van der Waals surface area contributed by atoms with Crippen LogP contribution in [0.15, 0.2) is 47.4 Å². The van der Waals surface area contributed by atoms with Crippen molar-refractivity contribution in [2.45, 2.75) is 17.7 Å². The van der Waals surface area contributed by atoms with Crippen LogP contribution in [-0.2, 0) is 14.8 Å². The molecule has 1 aliphatic heterocycles. The number of hydrogen-bond donors (Lipinski definition) is 1. The minimum Gasteiger partial charge on any atom is -0.311 e. The molecule has 0 bridgehead atoms. The van der Waals surface area contributed by atoms with E-state index in [1.54, 1.807) is 11.0 Å². The third-order valence-corrected chi connectivity index (χ3v) is 5.62. The van der Waals surface area contributed by atoms with Gasteiger partial charge in [0.05, 0.1) is 26.2 Å². The van der Waals surface area contributed by atoms with Gasteiger partial charge in [-0.15, -0.1) is 0 Å². The van der Waals surface area contributed by atoms with Crippen LogP contribution in [-0.4, -0.2) is 25.8 Å². The number of carbonyl (C=O) groups is 1. The van der Waals surface area contributed by atoms with E-state index in [0.717, 1.165) is 30.7 Å². The molecule has 1 amide bonds. The number of carbonyl (C=O) groups excluding carboxylic acids is 1. The van der Waals surface area contributed by atoms with Crippen LogP contribution < -0.4 is 9.62 Å². The lowest BCUT2D eigenvalue weighted by atomic mass is 10.2. The Morgan fingerprint density at radius 3 is 2.38 bits per heavy atom. The minimum atomic E-state index is -3.93. The SMILES string of the molecule is O=C1CCCN1c1ccc(NS(=O)(=O)c2ccc([N+](=O)[O-])cc2)cc1Cl. The van der Waals surface area contributed by atoms with E-state index in [1.807, 2.05) is 0 Å². The van der Waals surface area contributed by atoms with Gasteiger partial charge in [0.2, 0.25) is 5.91 Å². The molecule has 10 heteroatoms. The van der Waals surface area contributed by atoms with Crippen molar-refractivity contribution in [2.24, 2.45) is 0 Å². The first kappa shape index (κ1) is 18.2. The van der Waals surface area contributed by atoms with Gasteiger partial charge < -0.3 is 4.90 Å². The number of nitro groups is 1.